The van der Waals surface area contributed by atoms with E-state index in [0.29, 0.717) is 11.4 Å². The standard InChI is InChI=1S/C19H19FN4O/c1-13(15-7-9-16(20)10-8-15)23(3)19(25)17-12-22-24(14(17)2)18-6-4-5-11-21-18/h4-13H,1-3H3/t13-/m1/s1. The van der Waals surface area contributed by atoms with Crippen LogP contribution in [0.4, 0.5) is 4.39 Å². The molecule has 2 heterocycles. The van der Waals surface area contributed by atoms with Gasteiger partial charge in [0.2, 0.25) is 0 Å². The predicted molar refractivity (Wildman–Crippen MR) is 93.0 cm³/mol. The first-order valence-electron chi connectivity index (χ1n) is 7.97. The molecule has 1 atom stereocenters. The lowest BCUT2D eigenvalue weighted by atomic mass is 10.1. The third-order valence-electron chi connectivity index (χ3n) is 4.36. The second-order valence-electron chi connectivity index (χ2n) is 5.89. The summed E-state index contributed by atoms with van der Waals surface area (Å²) in [7, 11) is 1.73. The van der Waals surface area contributed by atoms with Gasteiger partial charge < -0.3 is 4.90 Å². The van der Waals surface area contributed by atoms with E-state index in [1.807, 2.05) is 32.0 Å². The van der Waals surface area contributed by atoms with Gasteiger partial charge >= 0.3 is 0 Å². The number of pyridine rings is 1. The van der Waals surface area contributed by atoms with Crippen LogP contribution in [0.3, 0.4) is 0 Å². The number of aromatic nitrogens is 3. The fourth-order valence-electron chi connectivity index (χ4n) is 2.66. The third kappa shape index (κ3) is 3.28. The average molecular weight is 338 g/mol. The van der Waals surface area contributed by atoms with Gasteiger partial charge in [0, 0.05) is 13.2 Å². The number of hydrogen-bond donors (Lipinski definition) is 0. The molecule has 6 heteroatoms. The van der Waals surface area contributed by atoms with Crippen molar-refractivity contribution in [3.05, 3.63) is 77.5 Å². The van der Waals surface area contributed by atoms with Crippen LogP contribution < -0.4 is 0 Å². The van der Waals surface area contributed by atoms with Gasteiger partial charge in [-0.1, -0.05) is 18.2 Å². The number of rotatable bonds is 4. The van der Waals surface area contributed by atoms with Crippen molar-refractivity contribution in [1.29, 1.82) is 0 Å². The SMILES string of the molecule is Cc1c(C(=O)N(C)[C@H](C)c2ccc(F)cc2)cnn1-c1ccccn1. The lowest BCUT2D eigenvalue weighted by Gasteiger charge is -2.25. The molecule has 0 saturated heterocycles. The summed E-state index contributed by atoms with van der Waals surface area (Å²) in [6, 6.07) is 11.5. The summed E-state index contributed by atoms with van der Waals surface area (Å²) in [5, 5.41) is 4.29. The van der Waals surface area contributed by atoms with Gasteiger partial charge in [-0.25, -0.2) is 14.1 Å². The van der Waals surface area contributed by atoms with Crippen LogP contribution in [-0.4, -0.2) is 32.6 Å². The molecule has 0 fully saturated rings. The first kappa shape index (κ1) is 16.8. The Bertz CT molecular complexity index is 874. The van der Waals surface area contributed by atoms with Gasteiger partial charge in [-0.05, 0) is 43.7 Å². The number of carbonyl (C=O) groups excluding carboxylic acids is 1. The molecule has 5 nitrogen and oxygen atoms in total. The maximum Gasteiger partial charge on any atom is 0.257 e. The van der Waals surface area contributed by atoms with Crippen molar-refractivity contribution >= 4 is 5.91 Å². The molecule has 2 aromatic heterocycles. The van der Waals surface area contributed by atoms with Gasteiger partial charge in [-0.15, -0.1) is 0 Å². The Morgan fingerprint density at radius 1 is 1.20 bits per heavy atom. The number of halogens is 1. The normalized spacial score (nSPS) is 12.0. The van der Waals surface area contributed by atoms with Crippen LogP contribution in [0.15, 0.2) is 54.9 Å². The Balaban J connectivity index is 1.85. The zero-order valence-electron chi connectivity index (χ0n) is 14.3. The summed E-state index contributed by atoms with van der Waals surface area (Å²) in [5.41, 5.74) is 2.11. The highest BCUT2D eigenvalue weighted by molar-refractivity contribution is 5.95. The lowest BCUT2D eigenvalue weighted by Crippen LogP contribution is -2.30. The van der Waals surface area contributed by atoms with Crippen LogP contribution in [0, 0.1) is 12.7 Å². The summed E-state index contributed by atoms with van der Waals surface area (Å²) in [4.78, 5) is 18.8. The van der Waals surface area contributed by atoms with Crippen molar-refractivity contribution in [3.63, 3.8) is 0 Å². The molecular weight excluding hydrogens is 319 g/mol. The summed E-state index contributed by atoms with van der Waals surface area (Å²) in [6.07, 6.45) is 3.24. The highest BCUT2D eigenvalue weighted by atomic mass is 19.1. The highest BCUT2D eigenvalue weighted by Gasteiger charge is 2.23. The van der Waals surface area contributed by atoms with Crippen LogP contribution in [0.1, 0.15) is 34.6 Å². The Kier molecular flexibility index (Phi) is 4.61. The van der Waals surface area contributed by atoms with Crippen LogP contribution in [0.25, 0.3) is 5.82 Å². The predicted octanol–water partition coefficient (Wildman–Crippen LogP) is 3.55. The van der Waals surface area contributed by atoms with E-state index in [-0.39, 0.29) is 17.8 Å². The molecule has 1 aromatic carbocycles. The Morgan fingerprint density at radius 3 is 2.56 bits per heavy atom. The zero-order chi connectivity index (χ0) is 18.0. The number of carbonyl (C=O) groups is 1. The van der Waals surface area contributed by atoms with E-state index in [0.717, 1.165) is 11.3 Å². The van der Waals surface area contributed by atoms with Crippen molar-refractivity contribution in [2.24, 2.45) is 0 Å². The second kappa shape index (κ2) is 6.84. The van der Waals surface area contributed by atoms with Crippen LogP contribution in [0.2, 0.25) is 0 Å². The van der Waals surface area contributed by atoms with Crippen molar-refractivity contribution < 1.29 is 9.18 Å². The molecule has 0 spiro atoms. The molecule has 25 heavy (non-hydrogen) atoms. The van der Waals surface area contributed by atoms with Crippen molar-refractivity contribution in [2.75, 3.05) is 7.05 Å². The summed E-state index contributed by atoms with van der Waals surface area (Å²) in [5.74, 6) is 0.224. The van der Waals surface area contributed by atoms with Gasteiger partial charge in [-0.3, -0.25) is 4.79 Å². The molecule has 3 rings (SSSR count). The van der Waals surface area contributed by atoms with E-state index in [4.69, 9.17) is 0 Å². The largest absolute Gasteiger partial charge is 0.335 e. The number of nitrogens with zero attached hydrogens (tertiary/aromatic N) is 4. The molecule has 0 aliphatic heterocycles. The van der Waals surface area contributed by atoms with E-state index in [9.17, 15) is 9.18 Å². The molecule has 0 bridgehead atoms. The summed E-state index contributed by atoms with van der Waals surface area (Å²) < 4.78 is 14.7. The summed E-state index contributed by atoms with van der Waals surface area (Å²) >= 11 is 0. The highest BCUT2D eigenvalue weighted by Crippen LogP contribution is 2.22. The molecular formula is C19H19FN4O. The van der Waals surface area contributed by atoms with E-state index in [1.165, 1.54) is 12.1 Å². The topological polar surface area (TPSA) is 51.0 Å². The van der Waals surface area contributed by atoms with Crippen LogP contribution in [-0.2, 0) is 0 Å². The molecule has 0 N–H and O–H groups in total. The monoisotopic (exact) mass is 338 g/mol. The Hall–Kier alpha value is -3.02. The van der Waals surface area contributed by atoms with Crippen molar-refractivity contribution in [1.82, 2.24) is 19.7 Å². The van der Waals surface area contributed by atoms with Gasteiger partial charge in [-0.2, -0.15) is 5.10 Å². The maximum absolute atomic E-state index is 13.1. The van der Waals surface area contributed by atoms with Crippen LogP contribution in [0.5, 0.6) is 0 Å². The number of benzene rings is 1. The molecule has 0 radical (unpaired) electrons. The summed E-state index contributed by atoms with van der Waals surface area (Å²) in [6.45, 7) is 3.74. The molecule has 3 aromatic rings. The average Bonchev–Trinajstić information content (AvgIpc) is 3.02. The Morgan fingerprint density at radius 2 is 1.92 bits per heavy atom. The van der Waals surface area contributed by atoms with Gasteiger partial charge in [0.25, 0.3) is 5.91 Å². The smallest absolute Gasteiger partial charge is 0.257 e. The fourth-order valence-corrected chi connectivity index (χ4v) is 2.66. The van der Waals surface area contributed by atoms with Gasteiger partial charge in [0.1, 0.15) is 5.82 Å². The minimum atomic E-state index is -0.294. The Labute approximate surface area is 145 Å². The molecule has 1 amide bonds. The molecule has 0 unspecified atom stereocenters. The van der Waals surface area contributed by atoms with E-state index in [2.05, 4.69) is 10.1 Å². The molecule has 0 aliphatic carbocycles. The van der Waals surface area contributed by atoms with E-state index in [1.54, 1.807) is 41.2 Å². The minimum absolute atomic E-state index is 0.142. The first-order valence-corrected chi connectivity index (χ1v) is 7.97. The lowest BCUT2D eigenvalue weighted by molar-refractivity contribution is 0.0742. The zero-order valence-corrected chi connectivity index (χ0v) is 14.3. The quantitative estimate of drug-likeness (QED) is 0.731. The van der Waals surface area contributed by atoms with Gasteiger partial charge in [0.05, 0.1) is 23.5 Å². The minimum Gasteiger partial charge on any atom is -0.335 e. The van der Waals surface area contributed by atoms with Gasteiger partial charge in [0.15, 0.2) is 5.82 Å². The van der Waals surface area contributed by atoms with E-state index >= 15 is 0 Å². The fraction of sp³-hybridized carbons (Fsp3) is 0.211. The van der Waals surface area contributed by atoms with Crippen molar-refractivity contribution in [2.45, 2.75) is 19.9 Å². The second-order valence-corrected chi connectivity index (χ2v) is 5.89. The molecule has 128 valence electrons. The first-order chi connectivity index (χ1) is 12.0. The van der Waals surface area contributed by atoms with E-state index < -0.39 is 0 Å². The van der Waals surface area contributed by atoms with Crippen molar-refractivity contribution in [3.8, 4) is 5.82 Å². The molecule has 0 aliphatic rings. The molecule has 0 saturated carbocycles. The maximum atomic E-state index is 13.1. The third-order valence-corrected chi connectivity index (χ3v) is 4.36. The van der Waals surface area contributed by atoms with Crippen LogP contribution >= 0.6 is 0 Å². The number of hydrogen-bond acceptors (Lipinski definition) is 3. The number of amides is 1.